The van der Waals surface area contributed by atoms with Crippen molar-refractivity contribution in [1.82, 2.24) is 5.48 Å². The van der Waals surface area contributed by atoms with Crippen molar-refractivity contribution in [3.63, 3.8) is 0 Å². The maximum Gasteiger partial charge on any atom is 0.275 e. The van der Waals surface area contributed by atoms with Gasteiger partial charge in [0.1, 0.15) is 0 Å². The molecule has 1 aromatic rings. The van der Waals surface area contributed by atoms with Crippen molar-refractivity contribution in [2.24, 2.45) is 0 Å². The molecule has 0 atom stereocenters. The number of rotatable bonds is 3. The number of hydrogen-bond donors (Lipinski definition) is 1. The molecule has 0 aromatic heterocycles. The molecule has 0 heterocycles. The number of carbonyl (C=O) groups excluding carboxylic acids is 1. The Hall–Kier alpha value is -1.47. The molecule has 6 nitrogen and oxygen atoms in total. The highest BCUT2D eigenvalue weighted by Crippen LogP contribution is 2.21. The lowest BCUT2D eigenvalue weighted by molar-refractivity contribution is -0.385. The highest BCUT2D eigenvalue weighted by atomic mass is 79.9. The van der Waals surface area contributed by atoms with Crippen molar-refractivity contribution < 1.29 is 14.6 Å². The Morgan fingerprint density at radius 1 is 1.53 bits per heavy atom. The summed E-state index contributed by atoms with van der Waals surface area (Å²) in [5, 5.41) is 10.5. The summed E-state index contributed by atoms with van der Waals surface area (Å²) < 4.78 is 0.456. The first-order chi connectivity index (χ1) is 7.04. The molecule has 1 aromatic carbocycles. The number of carbonyl (C=O) groups is 1. The van der Waals surface area contributed by atoms with E-state index in [9.17, 15) is 14.9 Å². The molecule has 80 valence electrons. The lowest BCUT2D eigenvalue weighted by atomic mass is 10.2. The first-order valence-corrected chi connectivity index (χ1v) is 4.62. The van der Waals surface area contributed by atoms with Gasteiger partial charge in [0.05, 0.1) is 12.0 Å². The molecule has 1 N–H and O–H groups in total. The van der Waals surface area contributed by atoms with Crippen LogP contribution in [0.15, 0.2) is 22.7 Å². The van der Waals surface area contributed by atoms with Crippen molar-refractivity contribution in [1.29, 1.82) is 0 Å². The van der Waals surface area contributed by atoms with Crippen molar-refractivity contribution >= 4 is 27.5 Å². The highest BCUT2D eigenvalue weighted by Gasteiger charge is 2.13. The SMILES string of the molecule is CONC(=O)c1cc(Br)cc([N+](=O)[O-])c1. The topological polar surface area (TPSA) is 81.5 Å². The van der Waals surface area contributed by atoms with Crippen LogP contribution in [-0.2, 0) is 4.84 Å². The lowest BCUT2D eigenvalue weighted by Crippen LogP contribution is -2.21. The minimum atomic E-state index is -0.575. The predicted octanol–water partition coefficient (Wildman–Crippen LogP) is 1.65. The van der Waals surface area contributed by atoms with E-state index in [4.69, 9.17) is 0 Å². The van der Waals surface area contributed by atoms with Crippen LogP contribution in [0.1, 0.15) is 10.4 Å². The summed E-state index contributed by atoms with van der Waals surface area (Å²) in [4.78, 5) is 25.6. The van der Waals surface area contributed by atoms with Gasteiger partial charge in [0.15, 0.2) is 0 Å². The van der Waals surface area contributed by atoms with Crippen LogP contribution in [-0.4, -0.2) is 17.9 Å². The fourth-order valence-electron chi connectivity index (χ4n) is 0.962. The molecule has 0 bridgehead atoms. The molecular formula is C8H7BrN2O4. The minimum Gasteiger partial charge on any atom is -0.277 e. The van der Waals surface area contributed by atoms with Crippen LogP contribution in [0.5, 0.6) is 0 Å². The van der Waals surface area contributed by atoms with Crippen LogP contribution >= 0.6 is 15.9 Å². The molecule has 0 unspecified atom stereocenters. The van der Waals surface area contributed by atoms with Gasteiger partial charge in [0.25, 0.3) is 11.6 Å². The van der Waals surface area contributed by atoms with Crippen LogP contribution in [0.25, 0.3) is 0 Å². The van der Waals surface area contributed by atoms with E-state index in [0.717, 1.165) is 0 Å². The largest absolute Gasteiger partial charge is 0.277 e. The standard InChI is InChI=1S/C8H7BrN2O4/c1-15-10-8(12)5-2-6(9)4-7(3-5)11(13)14/h2-4H,1H3,(H,10,12). The number of benzene rings is 1. The summed E-state index contributed by atoms with van der Waals surface area (Å²) in [5.74, 6) is -0.540. The normalized spacial score (nSPS) is 9.73. The number of hydroxylamine groups is 1. The maximum absolute atomic E-state index is 11.3. The average Bonchev–Trinajstić information content (AvgIpc) is 2.17. The monoisotopic (exact) mass is 274 g/mol. The Kier molecular flexibility index (Phi) is 3.75. The molecule has 0 aliphatic carbocycles. The Morgan fingerprint density at radius 2 is 2.20 bits per heavy atom. The average molecular weight is 275 g/mol. The van der Waals surface area contributed by atoms with E-state index in [1.54, 1.807) is 0 Å². The predicted molar refractivity (Wildman–Crippen MR) is 55.3 cm³/mol. The second-order valence-corrected chi connectivity index (χ2v) is 3.51. The van der Waals surface area contributed by atoms with Crippen LogP contribution in [0, 0.1) is 10.1 Å². The zero-order valence-electron chi connectivity index (χ0n) is 7.69. The molecular weight excluding hydrogens is 268 g/mol. The van der Waals surface area contributed by atoms with Gasteiger partial charge in [-0.3, -0.25) is 19.7 Å². The van der Waals surface area contributed by atoms with E-state index in [1.165, 1.54) is 25.3 Å². The number of hydrogen-bond acceptors (Lipinski definition) is 4. The van der Waals surface area contributed by atoms with Crippen LogP contribution in [0.3, 0.4) is 0 Å². The number of halogens is 1. The quantitative estimate of drug-likeness (QED) is 0.671. The molecule has 0 aliphatic rings. The maximum atomic E-state index is 11.3. The third kappa shape index (κ3) is 3.00. The second kappa shape index (κ2) is 4.85. The van der Waals surface area contributed by atoms with Gasteiger partial charge in [-0.2, -0.15) is 0 Å². The molecule has 15 heavy (non-hydrogen) atoms. The third-order valence-corrected chi connectivity index (χ3v) is 2.01. The summed E-state index contributed by atoms with van der Waals surface area (Å²) >= 11 is 3.08. The first-order valence-electron chi connectivity index (χ1n) is 3.83. The smallest absolute Gasteiger partial charge is 0.275 e. The molecule has 1 amide bonds. The molecule has 0 aliphatic heterocycles. The summed E-state index contributed by atoms with van der Waals surface area (Å²) in [7, 11) is 1.28. The number of nitro groups is 1. The van der Waals surface area contributed by atoms with Gasteiger partial charge >= 0.3 is 0 Å². The molecule has 0 saturated carbocycles. The van der Waals surface area contributed by atoms with Gasteiger partial charge in [-0.1, -0.05) is 15.9 Å². The number of nitrogens with zero attached hydrogens (tertiary/aromatic N) is 1. The van der Waals surface area contributed by atoms with E-state index in [-0.39, 0.29) is 11.3 Å². The van der Waals surface area contributed by atoms with Crippen LogP contribution in [0.4, 0.5) is 5.69 Å². The van der Waals surface area contributed by atoms with E-state index in [2.05, 4.69) is 26.2 Å². The lowest BCUT2D eigenvalue weighted by Gasteiger charge is -2.02. The molecule has 7 heteroatoms. The van der Waals surface area contributed by atoms with Crippen molar-refractivity contribution in [2.75, 3.05) is 7.11 Å². The Bertz CT molecular complexity index is 408. The summed E-state index contributed by atoms with van der Waals surface area (Å²) in [6.07, 6.45) is 0. The highest BCUT2D eigenvalue weighted by molar-refractivity contribution is 9.10. The number of nitro benzene ring substituents is 1. The van der Waals surface area contributed by atoms with Gasteiger partial charge in [0, 0.05) is 22.2 Å². The van der Waals surface area contributed by atoms with E-state index in [1.807, 2.05) is 0 Å². The van der Waals surface area contributed by atoms with Crippen LogP contribution in [0.2, 0.25) is 0 Å². The second-order valence-electron chi connectivity index (χ2n) is 2.59. The summed E-state index contributed by atoms with van der Waals surface area (Å²) in [6, 6.07) is 3.93. The molecule has 0 spiro atoms. The van der Waals surface area contributed by atoms with Gasteiger partial charge in [-0.15, -0.1) is 0 Å². The van der Waals surface area contributed by atoms with E-state index >= 15 is 0 Å². The fraction of sp³-hybridized carbons (Fsp3) is 0.125. The zero-order chi connectivity index (χ0) is 11.4. The summed E-state index contributed by atoms with van der Waals surface area (Å²) in [6.45, 7) is 0. The van der Waals surface area contributed by atoms with Crippen molar-refractivity contribution in [3.05, 3.63) is 38.3 Å². The fourth-order valence-corrected chi connectivity index (χ4v) is 1.44. The van der Waals surface area contributed by atoms with E-state index < -0.39 is 10.8 Å². The van der Waals surface area contributed by atoms with Crippen molar-refractivity contribution in [2.45, 2.75) is 0 Å². The van der Waals surface area contributed by atoms with Gasteiger partial charge in [-0.05, 0) is 6.07 Å². The zero-order valence-corrected chi connectivity index (χ0v) is 9.28. The molecule has 0 fully saturated rings. The number of amides is 1. The van der Waals surface area contributed by atoms with Crippen molar-refractivity contribution in [3.8, 4) is 0 Å². The van der Waals surface area contributed by atoms with Gasteiger partial charge < -0.3 is 0 Å². The molecule has 0 saturated heterocycles. The number of nitrogens with one attached hydrogen (secondary N) is 1. The Labute approximate surface area is 93.5 Å². The number of non-ortho nitro benzene ring substituents is 1. The minimum absolute atomic E-state index is 0.151. The van der Waals surface area contributed by atoms with Gasteiger partial charge in [0.2, 0.25) is 0 Å². The van der Waals surface area contributed by atoms with Gasteiger partial charge in [-0.25, -0.2) is 5.48 Å². The van der Waals surface area contributed by atoms with Crippen LogP contribution < -0.4 is 5.48 Å². The Morgan fingerprint density at radius 3 is 2.73 bits per heavy atom. The van der Waals surface area contributed by atoms with E-state index in [0.29, 0.717) is 4.47 Å². The first kappa shape index (κ1) is 11.6. The summed E-state index contributed by atoms with van der Waals surface area (Å²) in [5.41, 5.74) is 2.06. The Balaban J connectivity index is 3.09. The third-order valence-electron chi connectivity index (χ3n) is 1.55. The molecule has 1 rings (SSSR count). The molecule has 0 radical (unpaired) electrons.